The van der Waals surface area contributed by atoms with Crippen molar-refractivity contribution in [3.05, 3.63) is 59.9 Å². The minimum Gasteiger partial charge on any atom is -0.384 e. The Labute approximate surface area is 198 Å². The molecule has 0 saturated carbocycles. The standard InChI is InChI=1S/C26H29FN6O/c1-2-22-24(18-6-8-23(28)29-14-18)25(31-16-30-22)17-5-7-20(21(27)13-17)26(34)33-12-9-19(15-33)32-10-3-4-11-32/h5-8,13-14,16,19H,2-4,9-12,15H2,1H3,(H2,28,29). The highest BCUT2D eigenvalue weighted by Crippen LogP contribution is 2.33. The van der Waals surface area contributed by atoms with Crippen LogP contribution >= 0.6 is 0 Å². The minimum absolute atomic E-state index is 0.103. The Morgan fingerprint density at radius 2 is 1.88 bits per heavy atom. The fraction of sp³-hybridized carbons (Fsp3) is 0.385. The van der Waals surface area contributed by atoms with Crippen molar-refractivity contribution in [3.8, 4) is 22.4 Å². The molecule has 3 aromatic rings. The number of carbonyl (C=O) groups excluding carboxylic acids is 1. The van der Waals surface area contributed by atoms with Gasteiger partial charge >= 0.3 is 0 Å². The van der Waals surface area contributed by atoms with Crippen LogP contribution < -0.4 is 5.73 Å². The highest BCUT2D eigenvalue weighted by Gasteiger charge is 2.32. The first-order valence-corrected chi connectivity index (χ1v) is 11.9. The van der Waals surface area contributed by atoms with Crippen molar-refractivity contribution in [2.75, 3.05) is 31.9 Å². The molecule has 8 heteroatoms. The van der Waals surface area contributed by atoms with Crippen LogP contribution in [-0.4, -0.2) is 62.9 Å². The number of carbonyl (C=O) groups is 1. The normalized spacial score (nSPS) is 18.5. The zero-order chi connectivity index (χ0) is 23.7. The Hall–Kier alpha value is -3.39. The van der Waals surface area contributed by atoms with Crippen molar-refractivity contribution in [2.24, 2.45) is 0 Å². The van der Waals surface area contributed by atoms with E-state index in [0.717, 1.165) is 36.3 Å². The van der Waals surface area contributed by atoms with Gasteiger partial charge in [-0.25, -0.2) is 19.3 Å². The van der Waals surface area contributed by atoms with Crippen LogP contribution in [0.2, 0.25) is 0 Å². The number of likely N-dealkylation sites (tertiary alicyclic amines) is 2. The molecule has 1 atom stereocenters. The molecule has 34 heavy (non-hydrogen) atoms. The van der Waals surface area contributed by atoms with E-state index in [0.29, 0.717) is 42.6 Å². The van der Waals surface area contributed by atoms with Crippen molar-refractivity contribution in [3.63, 3.8) is 0 Å². The van der Waals surface area contributed by atoms with Gasteiger partial charge in [0.25, 0.3) is 5.91 Å². The number of hydrogen-bond donors (Lipinski definition) is 1. The van der Waals surface area contributed by atoms with Gasteiger partial charge in [0, 0.05) is 42.0 Å². The van der Waals surface area contributed by atoms with E-state index in [4.69, 9.17) is 5.73 Å². The zero-order valence-electron chi connectivity index (χ0n) is 19.4. The number of anilines is 1. The van der Waals surface area contributed by atoms with E-state index in [-0.39, 0.29) is 11.5 Å². The van der Waals surface area contributed by atoms with Crippen molar-refractivity contribution in [2.45, 2.75) is 38.6 Å². The van der Waals surface area contributed by atoms with Gasteiger partial charge in [-0.05, 0) is 63.0 Å². The van der Waals surface area contributed by atoms with Gasteiger partial charge in [-0.3, -0.25) is 9.69 Å². The molecule has 2 N–H and O–H groups in total. The molecule has 0 radical (unpaired) electrons. The van der Waals surface area contributed by atoms with Crippen LogP contribution in [0.5, 0.6) is 0 Å². The second-order valence-corrected chi connectivity index (χ2v) is 9.00. The van der Waals surface area contributed by atoms with Gasteiger partial charge < -0.3 is 10.6 Å². The molecular formula is C26H29FN6O. The number of benzene rings is 1. The number of halogens is 1. The highest BCUT2D eigenvalue weighted by molar-refractivity contribution is 5.95. The van der Waals surface area contributed by atoms with Gasteiger partial charge in [-0.1, -0.05) is 13.0 Å². The molecule has 2 aliphatic rings. The third-order valence-electron chi connectivity index (χ3n) is 6.92. The molecule has 0 bridgehead atoms. The molecule has 0 aliphatic carbocycles. The second kappa shape index (κ2) is 9.46. The zero-order valence-corrected chi connectivity index (χ0v) is 19.4. The van der Waals surface area contributed by atoms with Crippen LogP contribution in [0.25, 0.3) is 22.4 Å². The number of nitrogen functional groups attached to an aromatic ring is 1. The Kier molecular flexibility index (Phi) is 6.24. The fourth-order valence-electron chi connectivity index (χ4n) is 5.10. The Bertz CT molecular complexity index is 1190. The number of rotatable bonds is 5. The average molecular weight is 461 g/mol. The first-order chi connectivity index (χ1) is 16.5. The van der Waals surface area contributed by atoms with E-state index in [1.54, 1.807) is 29.3 Å². The molecular weight excluding hydrogens is 431 g/mol. The summed E-state index contributed by atoms with van der Waals surface area (Å²) < 4.78 is 15.3. The lowest BCUT2D eigenvalue weighted by Gasteiger charge is -2.23. The van der Waals surface area contributed by atoms with Crippen molar-refractivity contribution in [1.82, 2.24) is 24.8 Å². The molecule has 5 rings (SSSR count). The van der Waals surface area contributed by atoms with Crippen LogP contribution in [0.4, 0.5) is 10.2 Å². The SMILES string of the molecule is CCc1ncnc(-c2ccc(C(=O)N3CCC(N4CCCC4)C3)c(F)c2)c1-c1ccc(N)nc1. The number of aryl methyl sites for hydroxylation is 1. The number of hydrogen-bond acceptors (Lipinski definition) is 6. The van der Waals surface area contributed by atoms with Gasteiger partial charge in [0.1, 0.15) is 18.0 Å². The van der Waals surface area contributed by atoms with Gasteiger partial charge in [-0.15, -0.1) is 0 Å². The summed E-state index contributed by atoms with van der Waals surface area (Å²) in [5.41, 5.74) is 9.50. The lowest BCUT2D eigenvalue weighted by Crippen LogP contribution is -2.37. The molecule has 2 aromatic heterocycles. The molecule has 7 nitrogen and oxygen atoms in total. The Morgan fingerprint density at radius 3 is 2.59 bits per heavy atom. The lowest BCUT2D eigenvalue weighted by molar-refractivity contribution is 0.0775. The third-order valence-corrected chi connectivity index (χ3v) is 6.92. The molecule has 0 spiro atoms. The van der Waals surface area contributed by atoms with Crippen molar-refractivity contribution >= 4 is 11.7 Å². The molecule has 2 aliphatic heterocycles. The van der Waals surface area contributed by atoms with E-state index in [2.05, 4.69) is 19.9 Å². The van der Waals surface area contributed by atoms with E-state index < -0.39 is 5.82 Å². The maximum Gasteiger partial charge on any atom is 0.256 e. The lowest BCUT2D eigenvalue weighted by atomic mass is 9.97. The maximum atomic E-state index is 15.3. The summed E-state index contributed by atoms with van der Waals surface area (Å²) in [6.07, 6.45) is 7.24. The van der Waals surface area contributed by atoms with Crippen LogP contribution in [0.3, 0.4) is 0 Å². The summed E-state index contributed by atoms with van der Waals surface area (Å²) in [5.74, 6) is -0.362. The molecule has 1 aromatic carbocycles. The third kappa shape index (κ3) is 4.25. The first kappa shape index (κ1) is 22.4. The summed E-state index contributed by atoms with van der Waals surface area (Å²) in [6, 6.07) is 8.71. The fourth-order valence-corrected chi connectivity index (χ4v) is 5.10. The van der Waals surface area contributed by atoms with Crippen LogP contribution in [0, 0.1) is 5.82 Å². The monoisotopic (exact) mass is 460 g/mol. The first-order valence-electron chi connectivity index (χ1n) is 11.9. The van der Waals surface area contributed by atoms with Crippen molar-refractivity contribution in [1.29, 1.82) is 0 Å². The summed E-state index contributed by atoms with van der Waals surface area (Å²) >= 11 is 0. The summed E-state index contributed by atoms with van der Waals surface area (Å²) in [7, 11) is 0. The van der Waals surface area contributed by atoms with Crippen LogP contribution in [0.15, 0.2) is 42.9 Å². The molecule has 4 heterocycles. The summed E-state index contributed by atoms with van der Waals surface area (Å²) in [5, 5.41) is 0. The predicted octanol–water partition coefficient (Wildman–Crippen LogP) is 3.80. The van der Waals surface area contributed by atoms with E-state index in [1.165, 1.54) is 25.2 Å². The minimum atomic E-state index is -0.537. The number of amides is 1. The van der Waals surface area contributed by atoms with Gasteiger partial charge in [0.05, 0.1) is 17.0 Å². The van der Waals surface area contributed by atoms with Gasteiger partial charge in [-0.2, -0.15) is 0 Å². The number of pyridine rings is 1. The summed E-state index contributed by atoms with van der Waals surface area (Å²) in [4.78, 5) is 30.4. The molecule has 2 saturated heterocycles. The predicted molar refractivity (Wildman–Crippen MR) is 130 cm³/mol. The number of nitrogens with two attached hydrogens (primary N) is 1. The molecule has 1 amide bonds. The molecule has 2 fully saturated rings. The highest BCUT2D eigenvalue weighted by atomic mass is 19.1. The van der Waals surface area contributed by atoms with E-state index in [1.807, 2.05) is 13.0 Å². The van der Waals surface area contributed by atoms with Crippen molar-refractivity contribution < 1.29 is 9.18 Å². The number of nitrogens with zero attached hydrogens (tertiary/aromatic N) is 5. The average Bonchev–Trinajstić information content (AvgIpc) is 3.56. The Balaban J connectivity index is 1.43. The van der Waals surface area contributed by atoms with Crippen LogP contribution in [-0.2, 0) is 6.42 Å². The smallest absolute Gasteiger partial charge is 0.256 e. The summed E-state index contributed by atoms with van der Waals surface area (Å²) in [6.45, 7) is 5.54. The number of aromatic nitrogens is 3. The van der Waals surface area contributed by atoms with Gasteiger partial charge in [0.2, 0.25) is 0 Å². The molecule has 1 unspecified atom stereocenters. The largest absolute Gasteiger partial charge is 0.384 e. The van der Waals surface area contributed by atoms with Gasteiger partial charge in [0.15, 0.2) is 0 Å². The second-order valence-electron chi connectivity index (χ2n) is 9.00. The Morgan fingerprint density at radius 1 is 1.09 bits per heavy atom. The quantitative estimate of drug-likeness (QED) is 0.623. The maximum absolute atomic E-state index is 15.3. The topological polar surface area (TPSA) is 88.2 Å². The molecule has 176 valence electrons. The van der Waals surface area contributed by atoms with E-state index in [9.17, 15) is 4.79 Å². The van der Waals surface area contributed by atoms with Crippen LogP contribution in [0.1, 0.15) is 42.2 Å². The van der Waals surface area contributed by atoms with E-state index >= 15 is 4.39 Å².